The van der Waals surface area contributed by atoms with Crippen molar-refractivity contribution in [3.05, 3.63) is 59.2 Å². The maximum absolute atomic E-state index is 12.3. The number of benzene rings is 2. The summed E-state index contributed by atoms with van der Waals surface area (Å²) in [4.78, 5) is 29.0. The Kier molecular flexibility index (Phi) is 6.88. The molecule has 2 amide bonds. The Hall–Kier alpha value is -2.86. The molecule has 2 aromatic carbocycles. The molecule has 6 nitrogen and oxygen atoms in total. The molecule has 3 rings (SSSR count). The van der Waals surface area contributed by atoms with Crippen molar-refractivity contribution in [2.24, 2.45) is 0 Å². The molecule has 0 atom stereocenters. The fraction of sp³-hybridized carbons (Fsp3) is 0.391. The minimum Gasteiger partial charge on any atom is -0.369 e. The van der Waals surface area contributed by atoms with Crippen LogP contribution in [0, 0.1) is 20.8 Å². The Balaban J connectivity index is 1.41. The quantitative estimate of drug-likeness (QED) is 0.790. The number of hydrogen-bond acceptors (Lipinski definition) is 4. The van der Waals surface area contributed by atoms with Gasteiger partial charge in [-0.3, -0.25) is 14.5 Å². The van der Waals surface area contributed by atoms with E-state index in [2.05, 4.69) is 51.6 Å². The first kappa shape index (κ1) is 20.9. The lowest BCUT2D eigenvalue weighted by Gasteiger charge is -2.36. The second-order valence-corrected chi connectivity index (χ2v) is 7.64. The van der Waals surface area contributed by atoms with E-state index in [9.17, 15) is 9.59 Å². The monoisotopic (exact) mass is 394 g/mol. The van der Waals surface area contributed by atoms with Gasteiger partial charge in [-0.25, -0.2) is 0 Å². The van der Waals surface area contributed by atoms with Crippen LogP contribution in [0.25, 0.3) is 0 Å². The third-order valence-corrected chi connectivity index (χ3v) is 5.39. The summed E-state index contributed by atoms with van der Waals surface area (Å²) in [6.45, 7) is 9.78. The van der Waals surface area contributed by atoms with Crippen LogP contribution in [0.1, 0.15) is 16.7 Å². The lowest BCUT2D eigenvalue weighted by atomic mass is 10.1. The Morgan fingerprint density at radius 1 is 0.828 bits per heavy atom. The van der Waals surface area contributed by atoms with Gasteiger partial charge in [0.1, 0.15) is 0 Å². The molecule has 0 saturated carbocycles. The molecule has 1 aliphatic rings. The number of aryl methyl sites for hydroxylation is 3. The largest absolute Gasteiger partial charge is 0.369 e. The molecule has 1 saturated heterocycles. The molecule has 0 aromatic heterocycles. The summed E-state index contributed by atoms with van der Waals surface area (Å²) in [5.74, 6) is -0.328. The van der Waals surface area contributed by atoms with Gasteiger partial charge >= 0.3 is 0 Å². The Morgan fingerprint density at radius 2 is 1.45 bits per heavy atom. The van der Waals surface area contributed by atoms with E-state index in [-0.39, 0.29) is 18.4 Å². The zero-order valence-electron chi connectivity index (χ0n) is 17.5. The third-order valence-electron chi connectivity index (χ3n) is 5.39. The van der Waals surface area contributed by atoms with Crippen molar-refractivity contribution in [2.75, 3.05) is 49.5 Å². The van der Waals surface area contributed by atoms with Crippen LogP contribution < -0.4 is 15.5 Å². The summed E-state index contributed by atoms with van der Waals surface area (Å²) in [6, 6.07) is 14.3. The highest BCUT2D eigenvalue weighted by atomic mass is 16.2. The molecule has 0 aliphatic carbocycles. The van der Waals surface area contributed by atoms with Crippen LogP contribution in [-0.4, -0.2) is 56.0 Å². The molecule has 6 heteroatoms. The van der Waals surface area contributed by atoms with Crippen LogP contribution in [0.5, 0.6) is 0 Å². The Bertz CT molecular complexity index is 853. The summed E-state index contributed by atoms with van der Waals surface area (Å²) < 4.78 is 0. The second-order valence-electron chi connectivity index (χ2n) is 7.64. The molecule has 2 N–H and O–H groups in total. The first-order valence-electron chi connectivity index (χ1n) is 10.1. The molecule has 0 unspecified atom stereocenters. The molecule has 2 aromatic rings. The summed E-state index contributed by atoms with van der Waals surface area (Å²) >= 11 is 0. The van der Waals surface area contributed by atoms with Gasteiger partial charge in [0.2, 0.25) is 11.8 Å². The Morgan fingerprint density at radius 3 is 2.10 bits per heavy atom. The van der Waals surface area contributed by atoms with Crippen LogP contribution in [0.15, 0.2) is 42.5 Å². The van der Waals surface area contributed by atoms with Crippen molar-refractivity contribution in [1.82, 2.24) is 10.2 Å². The van der Waals surface area contributed by atoms with Gasteiger partial charge in [0.25, 0.3) is 0 Å². The van der Waals surface area contributed by atoms with Crippen LogP contribution in [0.3, 0.4) is 0 Å². The van der Waals surface area contributed by atoms with Gasteiger partial charge in [0.05, 0.1) is 13.1 Å². The van der Waals surface area contributed by atoms with E-state index in [0.717, 1.165) is 43.0 Å². The lowest BCUT2D eigenvalue weighted by Crippen LogP contribution is -2.50. The number of hydrogen-bond donors (Lipinski definition) is 2. The molecule has 1 aliphatic heterocycles. The van der Waals surface area contributed by atoms with Crippen LogP contribution in [0.4, 0.5) is 11.4 Å². The molecule has 1 heterocycles. The van der Waals surface area contributed by atoms with Gasteiger partial charge in [-0.05, 0) is 43.5 Å². The van der Waals surface area contributed by atoms with Gasteiger partial charge in [0, 0.05) is 37.6 Å². The number of para-hydroxylation sites is 2. The van der Waals surface area contributed by atoms with E-state index in [1.54, 1.807) is 0 Å². The molecule has 0 spiro atoms. The van der Waals surface area contributed by atoms with Gasteiger partial charge in [0.15, 0.2) is 0 Å². The van der Waals surface area contributed by atoms with Crippen LogP contribution >= 0.6 is 0 Å². The average molecular weight is 395 g/mol. The highest BCUT2D eigenvalue weighted by Crippen LogP contribution is 2.21. The predicted molar refractivity (Wildman–Crippen MR) is 117 cm³/mol. The summed E-state index contributed by atoms with van der Waals surface area (Å²) in [6.07, 6.45) is 0. The van der Waals surface area contributed by atoms with Gasteiger partial charge in [-0.1, -0.05) is 36.4 Å². The number of rotatable bonds is 6. The van der Waals surface area contributed by atoms with Gasteiger partial charge < -0.3 is 15.5 Å². The average Bonchev–Trinajstić information content (AvgIpc) is 2.70. The normalized spacial score (nSPS) is 14.5. The number of amides is 2. The van der Waals surface area contributed by atoms with E-state index in [1.165, 1.54) is 11.3 Å². The molecule has 1 fully saturated rings. The van der Waals surface area contributed by atoms with Crippen molar-refractivity contribution in [2.45, 2.75) is 20.8 Å². The minimum absolute atomic E-state index is 0.0181. The smallest absolute Gasteiger partial charge is 0.243 e. The van der Waals surface area contributed by atoms with E-state index in [0.29, 0.717) is 6.54 Å². The fourth-order valence-corrected chi connectivity index (χ4v) is 3.70. The number of nitrogens with zero attached hydrogens (tertiary/aromatic N) is 2. The predicted octanol–water partition coefficient (Wildman–Crippen LogP) is 2.49. The number of nitrogens with one attached hydrogen (secondary N) is 2. The van der Waals surface area contributed by atoms with Crippen LogP contribution in [0.2, 0.25) is 0 Å². The first-order chi connectivity index (χ1) is 13.9. The van der Waals surface area contributed by atoms with E-state index < -0.39 is 0 Å². The van der Waals surface area contributed by atoms with Crippen molar-refractivity contribution >= 4 is 23.2 Å². The van der Waals surface area contributed by atoms with Gasteiger partial charge in [-0.15, -0.1) is 0 Å². The zero-order valence-corrected chi connectivity index (χ0v) is 17.5. The van der Waals surface area contributed by atoms with Crippen molar-refractivity contribution in [3.63, 3.8) is 0 Å². The zero-order chi connectivity index (χ0) is 20.8. The van der Waals surface area contributed by atoms with E-state index in [4.69, 9.17) is 0 Å². The molecule has 0 bridgehead atoms. The van der Waals surface area contributed by atoms with E-state index >= 15 is 0 Å². The molecular formula is C23H30N4O2. The van der Waals surface area contributed by atoms with Crippen molar-refractivity contribution in [1.29, 1.82) is 0 Å². The highest BCUT2D eigenvalue weighted by molar-refractivity contribution is 5.95. The van der Waals surface area contributed by atoms with Crippen molar-refractivity contribution in [3.8, 4) is 0 Å². The summed E-state index contributed by atoms with van der Waals surface area (Å²) in [7, 11) is 0. The number of carbonyl (C=O) groups is 2. The minimum atomic E-state index is -0.208. The van der Waals surface area contributed by atoms with Crippen molar-refractivity contribution < 1.29 is 9.59 Å². The SMILES string of the molecule is Cc1ccccc1N1CCN(CC(=O)NCC(=O)Nc2c(C)cccc2C)CC1. The molecule has 29 heavy (non-hydrogen) atoms. The second kappa shape index (κ2) is 9.56. The topological polar surface area (TPSA) is 64.7 Å². The maximum atomic E-state index is 12.3. The number of carbonyl (C=O) groups excluding carboxylic acids is 2. The fourth-order valence-electron chi connectivity index (χ4n) is 3.70. The number of anilines is 2. The van der Waals surface area contributed by atoms with E-state index in [1.807, 2.05) is 32.0 Å². The van der Waals surface area contributed by atoms with Crippen LogP contribution in [-0.2, 0) is 9.59 Å². The maximum Gasteiger partial charge on any atom is 0.243 e. The highest BCUT2D eigenvalue weighted by Gasteiger charge is 2.20. The summed E-state index contributed by atoms with van der Waals surface area (Å²) in [5.41, 5.74) is 5.37. The molecular weight excluding hydrogens is 364 g/mol. The third kappa shape index (κ3) is 5.57. The standard InChI is InChI=1S/C23H30N4O2/c1-17-7-4-5-10-20(17)27-13-11-26(12-14-27)16-22(29)24-15-21(28)25-23-18(2)8-6-9-19(23)3/h4-10H,11-16H2,1-3H3,(H,24,29)(H,25,28). The first-order valence-corrected chi connectivity index (χ1v) is 10.1. The molecule has 154 valence electrons. The summed E-state index contributed by atoms with van der Waals surface area (Å²) in [5, 5.41) is 5.63. The Labute approximate surface area is 172 Å². The van der Waals surface area contributed by atoms with Gasteiger partial charge in [-0.2, -0.15) is 0 Å². The molecule has 0 radical (unpaired) electrons. The lowest BCUT2D eigenvalue weighted by molar-refractivity contribution is -0.125. The number of piperazine rings is 1.